The van der Waals surface area contributed by atoms with Gasteiger partial charge in [-0.2, -0.15) is 0 Å². The van der Waals surface area contributed by atoms with E-state index >= 15 is 0 Å². The number of benzene rings is 1. The van der Waals surface area contributed by atoms with E-state index < -0.39 is 0 Å². The Morgan fingerprint density at radius 2 is 2.37 bits per heavy atom. The van der Waals surface area contributed by atoms with Gasteiger partial charge >= 0.3 is 0 Å². The molecule has 0 aromatic heterocycles. The molecular formula is C14H19BrN2OS. The molecule has 0 spiro atoms. The molecule has 1 saturated heterocycles. The topological polar surface area (TPSA) is 32.3 Å². The Bertz CT molecular complexity index is 467. The van der Waals surface area contributed by atoms with Crippen LogP contribution >= 0.6 is 27.7 Å². The van der Waals surface area contributed by atoms with Crippen molar-refractivity contribution in [2.45, 2.75) is 24.8 Å². The minimum Gasteiger partial charge on any atom is -0.337 e. The van der Waals surface area contributed by atoms with Crippen molar-refractivity contribution in [2.75, 3.05) is 25.4 Å². The summed E-state index contributed by atoms with van der Waals surface area (Å²) in [4.78, 5) is 15.4. The lowest BCUT2D eigenvalue weighted by Crippen LogP contribution is -2.52. The van der Waals surface area contributed by atoms with Crippen LogP contribution in [0.5, 0.6) is 0 Å². The van der Waals surface area contributed by atoms with Crippen molar-refractivity contribution in [2.24, 2.45) is 0 Å². The van der Waals surface area contributed by atoms with Crippen molar-refractivity contribution in [3.8, 4) is 0 Å². The van der Waals surface area contributed by atoms with E-state index in [1.807, 2.05) is 11.0 Å². The first kappa shape index (κ1) is 14.9. The highest BCUT2D eigenvalue weighted by Gasteiger charge is 2.22. The van der Waals surface area contributed by atoms with Crippen molar-refractivity contribution in [1.82, 2.24) is 10.2 Å². The van der Waals surface area contributed by atoms with Gasteiger partial charge in [-0.1, -0.05) is 15.9 Å². The van der Waals surface area contributed by atoms with Crippen LogP contribution in [0, 0.1) is 6.92 Å². The van der Waals surface area contributed by atoms with E-state index in [-0.39, 0.29) is 5.91 Å². The Kier molecular flexibility index (Phi) is 5.30. The molecule has 0 aliphatic carbocycles. The number of nitrogens with one attached hydrogen (secondary N) is 1. The second-order valence-corrected chi connectivity index (χ2v) is 6.77. The van der Waals surface area contributed by atoms with Crippen molar-refractivity contribution < 1.29 is 4.79 Å². The molecule has 5 heteroatoms. The molecule has 1 aliphatic heterocycles. The number of amides is 1. The number of rotatable bonds is 3. The maximum Gasteiger partial charge on any atom is 0.233 e. The lowest BCUT2D eigenvalue weighted by molar-refractivity contribution is -0.131. The third kappa shape index (κ3) is 3.97. The van der Waals surface area contributed by atoms with Crippen molar-refractivity contribution in [1.29, 1.82) is 0 Å². The SMILES string of the molecule is Cc1cc(Br)ccc1SCC(=O)N1CCNC[C@@H]1C. The van der Waals surface area contributed by atoms with Gasteiger partial charge in [0.2, 0.25) is 5.91 Å². The molecule has 19 heavy (non-hydrogen) atoms. The van der Waals surface area contributed by atoms with Gasteiger partial charge in [0.25, 0.3) is 0 Å². The fourth-order valence-electron chi connectivity index (χ4n) is 2.21. The number of halogens is 1. The van der Waals surface area contributed by atoms with Gasteiger partial charge in [-0.25, -0.2) is 0 Å². The Morgan fingerprint density at radius 3 is 3.05 bits per heavy atom. The molecule has 2 rings (SSSR count). The molecule has 0 saturated carbocycles. The van der Waals surface area contributed by atoms with Gasteiger partial charge in [0.05, 0.1) is 5.75 Å². The zero-order chi connectivity index (χ0) is 13.8. The molecule has 0 bridgehead atoms. The van der Waals surface area contributed by atoms with Crippen LogP contribution < -0.4 is 5.32 Å². The van der Waals surface area contributed by atoms with Crippen LogP contribution in [0.1, 0.15) is 12.5 Å². The lowest BCUT2D eigenvalue weighted by Gasteiger charge is -2.34. The zero-order valence-electron chi connectivity index (χ0n) is 11.3. The third-order valence-corrected chi connectivity index (χ3v) is 4.96. The quantitative estimate of drug-likeness (QED) is 0.857. The number of thioether (sulfide) groups is 1. The fraction of sp³-hybridized carbons (Fsp3) is 0.500. The molecule has 0 unspecified atom stereocenters. The third-order valence-electron chi connectivity index (χ3n) is 3.31. The van der Waals surface area contributed by atoms with Gasteiger partial charge in [0.15, 0.2) is 0 Å². The van der Waals surface area contributed by atoms with Crippen molar-refractivity contribution in [3.05, 3.63) is 28.2 Å². The predicted octanol–water partition coefficient (Wildman–Crippen LogP) is 2.67. The van der Waals surface area contributed by atoms with E-state index in [1.165, 1.54) is 10.5 Å². The minimum absolute atomic E-state index is 0.237. The second kappa shape index (κ2) is 6.77. The Hall–Kier alpha value is -0.520. The van der Waals surface area contributed by atoms with Crippen LogP contribution in [0.2, 0.25) is 0 Å². The number of hydrogen-bond donors (Lipinski definition) is 1. The van der Waals surface area contributed by atoms with Crippen LogP contribution in [0.15, 0.2) is 27.6 Å². The lowest BCUT2D eigenvalue weighted by atomic mass is 10.2. The monoisotopic (exact) mass is 342 g/mol. The van der Waals surface area contributed by atoms with Crippen LogP contribution in [-0.4, -0.2) is 42.2 Å². The highest BCUT2D eigenvalue weighted by molar-refractivity contribution is 9.10. The van der Waals surface area contributed by atoms with Crippen LogP contribution in [0.25, 0.3) is 0 Å². The average molecular weight is 343 g/mol. The number of aryl methyl sites for hydroxylation is 1. The largest absolute Gasteiger partial charge is 0.337 e. The molecule has 1 N–H and O–H groups in total. The second-order valence-electron chi connectivity index (χ2n) is 4.84. The van der Waals surface area contributed by atoms with Crippen LogP contribution in [0.3, 0.4) is 0 Å². The number of nitrogens with zero attached hydrogens (tertiary/aromatic N) is 1. The van der Waals surface area contributed by atoms with Gasteiger partial charge in [-0.15, -0.1) is 11.8 Å². The Balaban J connectivity index is 1.92. The molecule has 1 fully saturated rings. The predicted molar refractivity (Wildman–Crippen MR) is 83.6 cm³/mol. The van der Waals surface area contributed by atoms with Crippen LogP contribution in [0.4, 0.5) is 0 Å². The number of carbonyl (C=O) groups excluding carboxylic acids is 1. The summed E-state index contributed by atoms with van der Waals surface area (Å²) in [5.74, 6) is 0.758. The smallest absolute Gasteiger partial charge is 0.233 e. The van der Waals surface area contributed by atoms with E-state index in [1.54, 1.807) is 11.8 Å². The molecule has 1 aromatic carbocycles. The summed E-state index contributed by atoms with van der Waals surface area (Å²) in [6, 6.07) is 6.47. The van der Waals surface area contributed by atoms with Gasteiger partial charge in [0.1, 0.15) is 0 Å². The summed E-state index contributed by atoms with van der Waals surface area (Å²) in [7, 11) is 0. The van der Waals surface area contributed by atoms with Gasteiger partial charge in [-0.05, 0) is 37.6 Å². The molecule has 1 aliphatic rings. The van der Waals surface area contributed by atoms with E-state index in [4.69, 9.17) is 0 Å². The normalized spacial score (nSPS) is 19.5. The highest BCUT2D eigenvalue weighted by atomic mass is 79.9. The molecule has 1 heterocycles. The first-order chi connectivity index (χ1) is 9.08. The Morgan fingerprint density at radius 1 is 1.58 bits per heavy atom. The number of hydrogen-bond acceptors (Lipinski definition) is 3. The number of carbonyl (C=O) groups is 1. The summed E-state index contributed by atoms with van der Waals surface area (Å²) in [6.45, 7) is 6.79. The summed E-state index contributed by atoms with van der Waals surface area (Å²) in [6.07, 6.45) is 0. The molecule has 1 amide bonds. The average Bonchev–Trinajstić information content (AvgIpc) is 2.38. The minimum atomic E-state index is 0.237. The number of piperazine rings is 1. The summed E-state index contributed by atoms with van der Waals surface area (Å²) in [5.41, 5.74) is 1.21. The molecule has 1 atom stereocenters. The van der Waals surface area contributed by atoms with E-state index in [0.29, 0.717) is 11.8 Å². The maximum absolute atomic E-state index is 12.2. The highest BCUT2D eigenvalue weighted by Crippen LogP contribution is 2.25. The molecule has 1 aromatic rings. The Labute approximate surface area is 127 Å². The fourth-order valence-corrected chi connectivity index (χ4v) is 3.58. The standard InChI is InChI=1S/C14H19BrN2OS/c1-10-7-12(15)3-4-13(10)19-9-14(18)17-6-5-16-8-11(17)2/h3-4,7,11,16H,5-6,8-9H2,1-2H3/t11-/m0/s1. The molecule has 3 nitrogen and oxygen atoms in total. The first-order valence-corrected chi connectivity index (χ1v) is 8.25. The van der Waals surface area contributed by atoms with E-state index in [9.17, 15) is 4.79 Å². The van der Waals surface area contributed by atoms with Gasteiger partial charge < -0.3 is 10.2 Å². The molecule has 104 valence electrons. The van der Waals surface area contributed by atoms with Gasteiger partial charge in [-0.3, -0.25) is 4.79 Å². The van der Waals surface area contributed by atoms with Crippen LogP contribution in [-0.2, 0) is 4.79 Å². The van der Waals surface area contributed by atoms with E-state index in [2.05, 4.69) is 47.2 Å². The molecular weight excluding hydrogens is 324 g/mol. The molecule has 0 radical (unpaired) electrons. The van der Waals surface area contributed by atoms with Crippen molar-refractivity contribution >= 4 is 33.6 Å². The zero-order valence-corrected chi connectivity index (χ0v) is 13.7. The maximum atomic E-state index is 12.2. The van der Waals surface area contributed by atoms with E-state index in [0.717, 1.165) is 24.1 Å². The van der Waals surface area contributed by atoms with Gasteiger partial charge in [0, 0.05) is 35.0 Å². The summed E-state index contributed by atoms with van der Waals surface area (Å²) < 4.78 is 1.08. The summed E-state index contributed by atoms with van der Waals surface area (Å²) in [5, 5.41) is 3.30. The van der Waals surface area contributed by atoms with Crippen molar-refractivity contribution in [3.63, 3.8) is 0 Å². The first-order valence-electron chi connectivity index (χ1n) is 6.47. The summed E-state index contributed by atoms with van der Waals surface area (Å²) >= 11 is 5.08.